The molecule has 0 rings (SSSR count). The van der Waals surface area contributed by atoms with Crippen molar-refractivity contribution in [1.29, 1.82) is 0 Å². The third-order valence-corrected chi connectivity index (χ3v) is 0.750. The van der Waals surface area contributed by atoms with Gasteiger partial charge in [-0.25, -0.2) is 0 Å². The van der Waals surface area contributed by atoms with Gasteiger partial charge in [-0.05, 0) is 32.9 Å². The third kappa shape index (κ3) is 45.1. The first-order valence-corrected chi connectivity index (χ1v) is 2.65. The second-order valence-electron chi connectivity index (χ2n) is 0.493. The van der Waals surface area contributed by atoms with Crippen LogP contribution in [0.4, 0.5) is 0 Å². The van der Waals surface area contributed by atoms with Crippen LogP contribution in [0.5, 0.6) is 0 Å². The second-order valence-corrected chi connectivity index (χ2v) is 1.35. The van der Waals surface area contributed by atoms with Crippen LogP contribution in [-0.4, -0.2) is 49.4 Å². The van der Waals surface area contributed by atoms with E-state index in [1.807, 2.05) is 6.08 Å². The Morgan fingerprint density at radius 2 is 1.43 bits per heavy atom. The molecule has 0 nitrogen and oxygen atoms in total. The molecule has 0 aliphatic carbocycles. The van der Waals surface area contributed by atoms with Crippen molar-refractivity contribution in [2.45, 2.75) is 5.25 Å². The molecule has 0 amide bonds. The Hall–Kier alpha value is 0.934. The quantitative estimate of drug-likeness (QED) is 0.322. The van der Waals surface area contributed by atoms with Gasteiger partial charge in [0.25, 0.3) is 0 Å². The van der Waals surface area contributed by atoms with Crippen molar-refractivity contribution in [3.05, 3.63) is 12.7 Å². The summed E-state index contributed by atoms with van der Waals surface area (Å²) < 4.78 is 0. The summed E-state index contributed by atoms with van der Waals surface area (Å²) in [6.45, 7) is 3.48. The van der Waals surface area contributed by atoms with Crippen molar-refractivity contribution in [2.24, 2.45) is 0 Å². The van der Waals surface area contributed by atoms with Gasteiger partial charge in [-0.1, -0.05) is 0 Å². The molecule has 4 heteroatoms. The van der Waals surface area contributed by atoms with Gasteiger partial charge in [-0.2, -0.15) is 0 Å². The van der Waals surface area contributed by atoms with Gasteiger partial charge in [-0.3, -0.25) is 0 Å². The average molecular weight is 207 g/mol. The van der Waals surface area contributed by atoms with E-state index in [-0.39, 0.29) is 32.9 Å². The van der Waals surface area contributed by atoms with Gasteiger partial charge in [0.05, 0.1) is 0 Å². The van der Waals surface area contributed by atoms with E-state index in [0.717, 1.165) is 5.25 Å². The molecule has 0 aliphatic heterocycles. The summed E-state index contributed by atoms with van der Waals surface area (Å²) >= 11 is 2.06. The maximum absolute atomic E-state index is 3.48. The maximum atomic E-state index is 3.48. The Labute approximate surface area is 67.4 Å². The van der Waals surface area contributed by atoms with Crippen molar-refractivity contribution in [1.82, 2.24) is 0 Å². The molecule has 0 heterocycles. The van der Waals surface area contributed by atoms with Crippen LogP contribution in [0.1, 0.15) is 0 Å². The molecule has 42 valence electrons. The smallest absolute Gasteiger partial charge is 0.0125 e. The minimum Gasteiger partial charge on any atom is -0.0125 e. The Kier molecular flexibility index (Phi) is 99.9. The van der Waals surface area contributed by atoms with E-state index < -0.39 is 0 Å². The maximum Gasteiger partial charge on any atom is -0.0125 e. The van der Waals surface area contributed by atoms with Crippen LogP contribution in [0.3, 0.4) is 0 Å². The first-order valence-electron chi connectivity index (χ1n) is 1.17. The van der Waals surface area contributed by atoms with E-state index in [2.05, 4.69) is 23.1 Å². The fraction of sp³-hybridized carbons (Fsp3) is 0.333. The summed E-state index contributed by atoms with van der Waals surface area (Å²) in [7, 11) is 0. The molecule has 0 unspecified atom stereocenters. The number of rotatable bonds is 1. The standard InChI is InChI=1S/C3H5Ge.3H3Si/c1-2-3-4;;;/h2H,1,3H2;3*1H3. The van der Waals surface area contributed by atoms with Gasteiger partial charge >= 0.3 is 34.4 Å². The van der Waals surface area contributed by atoms with Crippen LogP contribution in [0, 0.1) is 0 Å². The molecule has 0 saturated carbocycles. The van der Waals surface area contributed by atoms with Gasteiger partial charge in [0.15, 0.2) is 0 Å². The number of hydrogen-bond donors (Lipinski definition) is 0. The van der Waals surface area contributed by atoms with Crippen LogP contribution in [-0.2, 0) is 0 Å². The van der Waals surface area contributed by atoms with Crippen LogP contribution in [0.15, 0.2) is 12.7 Å². The Morgan fingerprint density at radius 1 is 1.29 bits per heavy atom. The fourth-order valence-electron chi connectivity index (χ4n) is 0. The van der Waals surface area contributed by atoms with E-state index in [0.29, 0.717) is 0 Å². The van der Waals surface area contributed by atoms with E-state index in [1.165, 1.54) is 0 Å². The Morgan fingerprint density at radius 3 is 1.43 bits per heavy atom. The van der Waals surface area contributed by atoms with Crippen molar-refractivity contribution in [2.75, 3.05) is 0 Å². The van der Waals surface area contributed by atoms with Gasteiger partial charge in [0.1, 0.15) is 0 Å². The largest absolute Gasteiger partial charge is 0.0125 e. The summed E-state index contributed by atoms with van der Waals surface area (Å²) in [5.41, 5.74) is 0. The fourth-order valence-corrected chi connectivity index (χ4v) is 0. The summed E-state index contributed by atoms with van der Waals surface area (Å²) in [5, 5.41) is 1.08. The first-order chi connectivity index (χ1) is 1.91. The van der Waals surface area contributed by atoms with E-state index >= 15 is 0 Å². The minimum absolute atomic E-state index is 0. The SMILES string of the molecule is C=C[CH2][Ge].[SiH3].[SiH3].[SiH3]. The summed E-state index contributed by atoms with van der Waals surface area (Å²) in [6, 6.07) is 0. The molecule has 0 bridgehead atoms. The van der Waals surface area contributed by atoms with Crippen molar-refractivity contribution < 1.29 is 0 Å². The predicted molar refractivity (Wildman–Crippen MR) is 50.6 cm³/mol. The van der Waals surface area contributed by atoms with Crippen LogP contribution in [0.25, 0.3) is 0 Å². The molecule has 0 aliphatic rings. The van der Waals surface area contributed by atoms with Gasteiger partial charge in [0.2, 0.25) is 0 Å². The van der Waals surface area contributed by atoms with Gasteiger partial charge in [0, 0.05) is 0 Å². The molecule has 0 saturated heterocycles. The van der Waals surface area contributed by atoms with Crippen LogP contribution < -0.4 is 0 Å². The molecular formula is C3H14GeSi3. The zero-order valence-corrected chi connectivity index (χ0v) is 13.6. The van der Waals surface area contributed by atoms with E-state index in [1.54, 1.807) is 0 Å². The zero-order valence-electron chi connectivity index (χ0n) is 5.49. The van der Waals surface area contributed by atoms with Crippen molar-refractivity contribution in [3.63, 3.8) is 0 Å². The normalized spacial score (nSPS) is 3.57. The summed E-state index contributed by atoms with van der Waals surface area (Å²) in [5.74, 6) is 0. The molecular weight excluding hydrogens is 193 g/mol. The number of hydrogen-bond acceptors (Lipinski definition) is 0. The van der Waals surface area contributed by atoms with E-state index in [9.17, 15) is 0 Å². The monoisotopic (exact) mass is 208 g/mol. The molecule has 6 radical (unpaired) electrons. The Bertz CT molecular complexity index is 24.1. The molecule has 0 atom stereocenters. The minimum atomic E-state index is 0. The Balaban J connectivity index is -0.0000000150. The molecule has 7 heavy (non-hydrogen) atoms. The zero-order chi connectivity index (χ0) is 3.41. The van der Waals surface area contributed by atoms with E-state index in [4.69, 9.17) is 0 Å². The predicted octanol–water partition coefficient (Wildman–Crippen LogP) is -2.79. The molecule has 0 aromatic heterocycles. The van der Waals surface area contributed by atoms with Crippen LogP contribution in [0.2, 0.25) is 5.25 Å². The van der Waals surface area contributed by atoms with Crippen molar-refractivity contribution in [3.8, 4) is 0 Å². The van der Waals surface area contributed by atoms with Crippen LogP contribution >= 0.6 is 0 Å². The third-order valence-electron chi connectivity index (χ3n) is 0.144. The summed E-state index contributed by atoms with van der Waals surface area (Å²) in [4.78, 5) is 0. The molecule has 0 spiro atoms. The molecule has 0 aromatic rings. The molecule has 0 fully saturated rings. The first kappa shape index (κ1) is 24.6. The molecule has 0 N–H and O–H groups in total. The van der Waals surface area contributed by atoms with Crippen molar-refractivity contribution >= 4 is 49.4 Å². The average Bonchev–Trinajstić information content (AvgIpc) is 1.37. The second kappa shape index (κ2) is 28.4. The van der Waals surface area contributed by atoms with Gasteiger partial charge < -0.3 is 0 Å². The molecule has 0 aromatic carbocycles. The topological polar surface area (TPSA) is 0 Å². The van der Waals surface area contributed by atoms with Gasteiger partial charge in [-0.15, -0.1) is 0 Å². The number of allylic oxidation sites excluding steroid dienone is 1. The summed E-state index contributed by atoms with van der Waals surface area (Å²) in [6.07, 6.45) is 1.88.